The molecule has 0 atom stereocenters. The zero-order chi connectivity index (χ0) is 31.2. The number of para-hydroxylation sites is 1. The van der Waals surface area contributed by atoms with Gasteiger partial charge in [-0.15, -0.1) is 0 Å². The van der Waals surface area contributed by atoms with Gasteiger partial charge in [-0.05, 0) is 78.2 Å². The molecule has 6 aromatic rings. The number of nitrogens with one attached hydrogen (secondary N) is 1. The van der Waals surface area contributed by atoms with E-state index in [0.717, 1.165) is 15.8 Å². The highest BCUT2D eigenvalue weighted by Crippen LogP contribution is 2.55. The lowest BCUT2D eigenvalue weighted by Crippen LogP contribution is -3.00. The molecule has 0 fully saturated rings. The Morgan fingerprint density at radius 2 is 1.30 bits per heavy atom. The number of halogens is 1. The van der Waals surface area contributed by atoms with Gasteiger partial charge in [-0.3, -0.25) is 14.9 Å². The van der Waals surface area contributed by atoms with Crippen molar-refractivity contribution in [1.82, 2.24) is 4.98 Å². The largest absolute Gasteiger partial charge is 1.00 e. The summed E-state index contributed by atoms with van der Waals surface area (Å²) in [5, 5.41) is 6.88. The second-order valence-electron chi connectivity index (χ2n) is 11.1. The van der Waals surface area contributed by atoms with Crippen molar-refractivity contribution in [2.45, 2.75) is 19.8 Å². The maximum Gasteiger partial charge on any atom is 0.264 e. The van der Waals surface area contributed by atoms with Crippen molar-refractivity contribution < 1.29 is 26.7 Å². The quantitative estimate of drug-likeness (QED) is 0.162. The average Bonchev–Trinajstić information content (AvgIpc) is 3.49. The fourth-order valence-corrected chi connectivity index (χ4v) is 10.6. The predicted molar refractivity (Wildman–Crippen MR) is 189 cm³/mol. The van der Waals surface area contributed by atoms with E-state index in [2.05, 4.69) is 96.9 Å². The third-order valence-electron chi connectivity index (χ3n) is 7.82. The molecule has 0 saturated heterocycles. The number of fused-ring (bicyclic) bond motifs is 1. The molecule has 0 saturated carbocycles. The second kappa shape index (κ2) is 14.8. The number of aromatic nitrogens is 1. The summed E-state index contributed by atoms with van der Waals surface area (Å²) in [7, 11) is -2.33. The summed E-state index contributed by atoms with van der Waals surface area (Å²) in [6.45, 7) is 3.97. The van der Waals surface area contributed by atoms with Crippen molar-refractivity contribution in [3.05, 3.63) is 145 Å². The summed E-state index contributed by atoms with van der Waals surface area (Å²) in [5.41, 5.74) is 2.37. The zero-order valence-corrected chi connectivity index (χ0v) is 28.1. The van der Waals surface area contributed by atoms with Crippen LogP contribution in [0.1, 0.15) is 35.7 Å². The molecule has 0 aliphatic rings. The van der Waals surface area contributed by atoms with E-state index in [1.54, 1.807) is 0 Å². The van der Waals surface area contributed by atoms with Crippen LogP contribution in [0.5, 0.6) is 5.75 Å². The predicted octanol–water partition coefficient (Wildman–Crippen LogP) is 4.62. The number of hydrogen-bond donors (Lipinski definition) is 1. The number of carbonyl (C=O) groups excluding carboxylic acids is 2. The Balaban J connectivity index is 0.00000417. The first-order chi connectivity index (χ1) is 21.9. The molecule has 1 heterocycles. The summed E-state index contributed by atoms with van der Waals surface area (Å²) < 4.78 is 7.02. The number of benzene rings is 5. The third-order valence-corrected chi connectivity index (χ3v) is 13.1. The highest BCUT2D eigenvalue weighted by Gasteiger charge is 2.47. The fourth-order valence-electron chi connectivity index (χ4n) is 5.60. The first-order valence-electron chi connectivity index (χ1n) is 14.9. The molecule has 0 spiro atoms. The number of ether oxygens (including phenoxy) is 1. The van der Waals surface area contributed by atoms with Gasteiger partial charge >= 0.3 is 0 Å². The van der Waals surface area contributed by atoms with E-state index in [4.69, 9.17) is 4.74 Å². The van der Waals surface area contributed by atoms with E-state index in [0.29, 0.717) is 22.6 Å². The minimum absolute atomic E-state index is 0. The fraction of sp³-hybridized carbons (Fsp3) is 0.132. The van der Waals surface area contributed by atoms with Crippen molar-refractivity contribution in [1.29, 1.82) is 0 Å². The SMILES string of the molecule is CC(C)c1cc(C(=O)C[P+](c2ccccc2)(c2ccccc2)c2ccccc2)ccc1OCC(=O)Nc1nc2ccccc2s1.[Cl-]. The Hall–Kier alpha value is -4.35. The van der Waals surface area contributed by atoms with Crippen LogP contribution >= 0.6 is 18.6 Å². The summed E-state index contributed by atoms with van der Waals surface area (Å²) >= 11 is 1.43. The average molecular weight is 665 g/mol. The molecule has 0 radical (unpaired) electrons. The van der Waals surface area contributed by atoms with Gasteiger partial charge in [0, 0.05) is 5.56 Å². The Morgan fingerprint density at radius 1 is 0.761 bits per heavy atom. The molecule has 0 bridgehead atoms. The third kappa shape index (κ3) is 7.05. The van der Waals surface area contributed by atoms with Gasteiger partial charge in [-0.25, -0.2) is 4.98 Å². The van der Waals surface area contributed by atoms with Crippen LogP contribution in [0.2, 0.25) is 0 Å². The number of nitrogens with zero attached hydrogens (tertiary/aromatic N) is 1. The van der Waals surface area contributed by atoms with Crippen molar-refractivity contribution in [2.75, 3.05) is 18.1 Å². The maximum atomic E-state index is 14.3. The smallest absolute Gasteiger partial charge is 0.264 e. The van der Waals surface area contributed by atoms with Crippen LogP contribution in [0, 0.1) is 0 Å². The van der Waals surface area contributed by atoms with Crippen molar-refractivity contribution >= 4 is 61.6 Å². The summed E-state index contributed by atoms with van der Waals surface area (Å²) in [5.74, 6) is 0.460. The first kappa shape index (κ1) is 33.0. The molecular formula is C38H34ClN2O3PS. The molecule has 232 valence electrons. The number of anilines is 1. The molecule has 8 heteroatoms. The van der Waals surface area contributed by atoms with E-state index < -0.39 is 7.26 Å². The van der Waals surface area contributed by atoms with Crippen LogP contribution in [0.3, 0.4) is 0 Å². The van der Waals surface area contributed by atoms with E-state index >= 15 is 0 Å². The highest BCUT2D eigenvalue weighted by atomic mass is 35.5. The Bertz CT molecular complexity index is 1800. The molecular weight excluding hydrogens is 631 g/mol. The van der Waals surface area contributed by atoms with Crippen LogP contribution in [0.4, 0.5) is 5.13 Å². The lowest BCUT2D eigenvalue weighted by atomic mass is 9.98. The summed E-state index contributed by atoms with van der Waals surface area (Å²) in [6.07, 6.45) is 0.355. The maximum absolute atomic E-state index is 14.3. The lowest BCUT2D eigenvalue weighted by molar-refractivity contribution is -0.118. The normalized spacial score (nSPS) is 11.2. The van der Waals surface area contributed by atoms with Crippen LogP contribution in [-0.2, 0) is 4.79 Å². The van der Waals surface area contributed by atoms with E-state index in [1.807, 2.05) is 60.7 Å². The number of rotatable bonds is 11. The van der Waals surface area contributed by atoms with Crippen molar-refractivity contribution in [2.24, 2.45) is 0 Å². The van der Waals surface area contributed by atoms with Gasteiger partial charge in [0.1, 0.15) is 35.1 Å². The Kier molecular flexibility index (Phi) is 10.6. The van der Waals surface area contributed by atoms with E-state index in [9.17, 15) is 9.59 Å². The molecule has 5 nitrogen and oxygen atoms in total. The minimum Gasteiger partial charge on any atom is -1.00 e. The van der Waals surface area contributed by atoms with Gasteiger partial charge < -0.3 is 17.1 Å². The molecule has 0 unspecified atom stereocenters. The summed E-state index contributed by atoms with van der Waals surface area (Å²) in [6, 6.07) is 44.6. The topological polar surface area (TPSA) is 68.3 Å². The number of thiazole rings is 1. The van der Waals surface area contributed by atoms with Gasteiger partial charge in [0.15, 0.2) is 11.7 Å². The van der Waals surface area contributed by atoms with Crippen molar-refractivity contribution in [3.63, 3.8) is 0 Å². The molecule has 1 amide bonds. The second-order valence-corrected chi connectivity index (χ2v) is 15.6. The van der Waals surface area contributed by atoms with Gasteiger partial charge in [0.05, 0.1) is 10.2 Å². The molecule has 5 aromatic carbocycles. The number of Topliss-reactive ketones (excluding diaryl/α,β-unsaturated/α-hetero) is 1. The minimum atomic E-state index is -2.33. The van der Waals surface area contributed by atoms with Gasteiger partial charge in [0.2, 0.25) is 5.78 Å². The molecule has 1 N–H and O–H groups in total. The van der Waals surface area contributed by atoms with E-state index in [-0.39, 0.29) is 36.6 Å². The molecule has 46 heavy (non-hydrogen) atoms. The highest BCUT2D eigenvalue weighted by molar-refractivity contribution is 7.96. The van der Waals surface area contributed by atoms with E-state index in [1.165, 1.54) is 27.3 Å². The van der Waals surface area contributed by atoms with Gasteiger partial charge in [-0.2, -0.15) is 0 Å². The zero-order valence-electron chi connectivity index (χ0n) is 25.6. The number of amides is 1. The summed E-state index contributed by atoms with van der Waals surface area (Å²) in [4.78, 5) is 31.6. The number of ketones is 1. The standard InChI is InChI=1S/C38H33N2O3PS.ClH/c1-27(2)32-24-28(22-23-35(32)43-25-37(42)40-38-39-33-20-12-13-21-36(33)45-38)34(41)26-44(29-14-6-3-7-15-29,30-16-8-4-9-17-30)31-18-10-5-11-19-31;/h3-24,27H,25-26H2,1-2H3;1H. The van der Waals surface area contributed by atoms with Gasteiger partial charge in [0.25, 0.3) is 5.91 Å². The number of carbonyl (C=O) groups is 2. The van der Waals surface area contributed by atoms with Gasteiger partial charge in [-0.1, -0.05) is 91.9 Å². The lowest BCUT2D eigenvalue weighted by Gasteiger charge is -2.27. The Labute approximate surface area is 280 Å². The van der Waals surface area contributed by atoms with Crippen LogP contribution < -0.4 is 38.4 Å². The molecule has 1 aromatic heterocycles. The number of hydrogen-bond acceptors (Lipinski definition) is 5. The molecule has 0 aliphatic carbocycles. The molecule has 0 aliphatic heterocycles. The monoisotopic (exact) mass is 664 g/mol. The van der Waals surface area contributed by atoms with Crippen LogP contribution in [-0.4, -0.2) is 29.4 Å². The van der Waals surface area contributed by atoms with Crippen molar-refractivity contribution in [3.8, 4) is 5.75 Å². The molecule has 6 rings (SSSR count). The Morgan fingerprint density at radius 3 is 1.85 bits per heavy atom. The van der Waals surface area contributed by atoms with Crippen LogP contribution in [0.15, 0.2) is 133 Å². The van der Waals surface area contributed by atoms with Crippen LogP contribution in [0.25, 0.3) is 10.2 Å². The first-order valence-corrected chi connectivity index (χ1v) is 17.7.